The van der Waals surface area contributed by atoms with Crippen molar-refractivity contribution in [3.05, 3.63) is 35.9 Å². The van der Waals surface area contributed by atoms with Crippen LogP contribution in [0.25, 0.3) is 0 Å². The fraction of sp³-hybridized carbons (Fsp3) is 0.600. The summed E-state index contributed by atoms with van der Waals surface area (Å²) < 4.78 is 0. The number of likely N-dealkylation sites (tertiary alicyclic amines) is 1. The van der Waals surface area contributed by atoms with E-state index >= 15 is 0 Å². The minimum Gasteiger partial charge on any atom is -0.372 e. The van der Waals surface area contributed by atoms with Gasteiger partial charge in [-0.3, -0.25) is 4.90 Å². The SMILES string of the molecule is CCC1C(C)CCN1C(C)(O)c1ccccc1. The Morgan fingerprint density at radius 3 is 2.59 bits per heavy atom. The first-order valence-corrected chi connectivity index (χ1v) is 6.62. The predicted molar refractivity (Wildman–Crippen MR) is 70.6 cm³/mol. The summed E-state index contributed by atoms with van der Waals surface area (Å²) in [5.74, 6) is 0.676. The molecule has 3 unspecified atom stereocenters. The maximum Gasteiger partial charge on any atom is 0.141 e. The molecule has 1 N–H and O–H groups in total. The van der Waals surface area contributed by atoms with Crippen LogP contribution in [0.15, 0.2) is 30.3 Å². The first-order valence-electron chi connectivity index (χ1n) is 6.62. The molecule has 0 spiro atoms. The van der Waals surface area contributed by atoms with E-state index in [1.807, 2.05) is 37.3 Å². The third-order valence-electron chi connectivity index (χ3n) is 4.18. The van der Waals surface area contributed by atoms with Gasteiger partial charge in [0.1, 0.15) is 5.72 Å². The average Bonchev–Trinajstić information content (AvgIpc) is 2.72. The quantitative estimate of drug-likeness (QED) is 0.867. The van der Waals surface area contributed by atoms with E-state index < -0.39 is 5.72 Å². The molecular weight excluding hydrogens is 210 g/mol. The molecule has 2 nitrogen and oxygen atoms in total. The highest BCUT2D eigenvalue weighted by atomic mass is 16.3. The van der Waals surface area contributed by atoms with Crippen molar-refractivity contribution in [3.8, 4) is 0 Å². The third kappa shape index (κ3) is 2.24. The van der Waals surface area contributed by atoms with Gasteiger partial charge in [0.2, 0.25) is 0 Å². The molecule has 2 rings (SSSR count). The zero-order valence-corrected chi connectivity index (χ0v) is 11.1. The summed E-state index contributed by atoms with van der Waals surface area (Å²) in [6.07, 6.45) is 2.28. The summed E-state index contributed by atoms with van der Waals surface area (Å²) in [6.45, 7) is 7.40. The number of hydrogen-bond donors (Lipinski definition) is 1. The molecule has 0 bridgehead atoms. The van der Waals surface area contributed by atoms with Crippen LogP contribution >= 0.6 is 0 Å². The van der Waals surface area contributed by atoms with E-state index in [1.165, 1.54) is 6.42 Å². The highest BCUT2D eigenvalue weighted by Gasteiger charge is 2.41. The highest BCUT2D eigenvalue weighted by molar-refractivity contribution is 5.21. The van der Waals surface area contributed by atoms with Gasteiger partial charge in [0, 0.05) is 12.6 Å². The van der Waals surface area contributed by atoms with Crippen LogP contribution in [0.1, 0.15) is 39.2 Å². The van der Waals surface area contributed by atoms with Crippen molar-refractivity contribution in [2.75, 3.05) is 6.54 Å². The summed E-state index contributed by atoms with van der Waals surface area (Å²) in [5.41, 5.74) is 0.153. The minimum absolute atomic E-state index is 0.491. The smallest absolute Gasteiger partial charge is 0.141 e. The summed E-state index contributed by atoms with van der Waals surface area (Å²) >= 11 is 0. The minimum atomic E-state index is -0.841. The van der Waals surface area contributed by atoms with Gasteiger partial charge in [0.05, 0.1) is 0 Å². The molecule has 1 fully saturated rings. The lowest BCUT2D eigenvalue weighted by Gasteiger charge is -2.39. The molecule has 1 aliphatic rings. The zero-order valence-electron chi connectivity index (χ0n) is 11.1. The van der Waals surface area contributed by atoms with Gasteiger partial charge < -0.3 is 5.11 Å². The number of rotatable bonds is 3. The number of benzene rings is 1. The maximum absolute atomic E-state index is 10.8. The standard InChI is InChI=1S/C15H23NO/c1-4-14-12(2)10-11-16(14)15(3,17)13-8-6-5-7-9-13/h5-9,12,14,17H,4,10-11H2,1-3H3. The van der Waals surface area contributed by atoms with Gasteiger partial charge in [-0.05, 0) is 31.2 Å². The Morgan fingerprint density at radius 2 is 2.00 bits per heavy atom. The van der Waals surface area contributed by atoms with Crippen LogP contribution in [-0.4, -0.2) is 22.6 Å². The van der Waals surface area contributed by atoms with Gasteiger partial charge in [-0.2, -0.15) is 0 Å². The van der Waals surface area contributed by atoms with Gasteiger partial charge in [-0.15, -0.1) is 0 Å². The third-order valence-corrected chi connectivity index (χ3v) is 4.18. The topological polar surface area (TPSA) is 23.5 Å². The molecule has 94 valence electrons. The van der Waals surface area contributed by atoms with Crippen molar-refractivity contribution >= 4 is 0 Å². The van der Waals surface area contributed by atoms with Crippen molar-refractivity contribution in [3.63, 3.8) is 0 Å². The fourth-order valence-corrected chi connectivity index (χ4v) is 3.09. The molecule has 1 aliphatic heterocycles. The van der Waals surface area contributed by atoms with Crippen LogP contribution in [0.5, 0.6) is 0 Å². The van der Waals surface area contributed by atoms with E-state index in [9.17, 15) is 5.11 Å². The fourth-order valence-electron chi connectivity index (χ4n) is 3.09. The summed E-state index contributed by atoms with van der Waals surface area (Å²) in [5, 5.41) is 10.8. The Kier molecular flexibility index (Phi) is 3.55. The van der Waals surface area contributed by atoms with Crippen LogP contribution in [0, 0.1) is 5.92 Å². The molecule has 1 aromatic carbocycles. The lowest BCUT2D eigenvalue weighted by molar-refractivity contribution is -0.111. The Hall–Kier alpha value is -0.860. The number of nitrogens with zero attached hydrogens (tertiary/aromatic N) is 1. The van der Waals surface area contributed by atoms with Crippen molar-refractivity contribution in [1.82, 2.24) is 4.90 Å². The zero-order chi connectivity index (χ0) is 12.5. The monoisotopic (exact) mass is 233 g/mol. The van der Waals surface area contributed by atoms with E-state index in [2.05, 4.69) is 18.7 Å². The molecule has 0 aliphatic carbocycles. The van der Waals surface area contributed by atoms with E-state index in [0.29, 0.717) is 12.0 Å². The highest BCUT2D eigenvalue weighted by Crippen LogP contribution is 2.36. The van der Waals surface area contributed by atoms with Crippen LogP contribution < -0.4 is 0 Å². The van der Waals surface area contributed by atoms with Crippen LogP contribution in [0.4, 0.5) is 0 Å². The molecule has 2 heteroatoms. The molecule has 0 amide bonds. The Bertz CT molecular complexity index is 360. The largest absolute Gasteiger partial charge is 0.372 e. The summed E-state index contributed by atoms with van der Waals surface area (Å²) in [6, 6.07) is 10.5. The van der Waals surface area contributed by atoms with E-state index in [0.717, 1.165) is 18.5 Å². The van der Waals surface area contributed by atoms with Gasteiger partial charge in [0.15, 0.2) is 0 Å². The second kappa shape index (κ2) is 4.79. The van der Waals surface area contributed by atoms with Crippen molar-refractivity contribution in [1.29, 1.82) is 0 Å². The molecule has 17 heavy (non-hydrogen) atoms. The van der Waals surface area contributed by atoms with E-state index in [-0.39, 0.29) is 0 Å². The number of hydrogen-bond acceptors (Lipinski definition) is 2. The van der Waals surface area contributed by atoms with E-state index in [1.54, 1.807) is 0 Å². The average molecular weight is 233 g/mol. The Balaban J connectivity index is 2.27. The van der Waals surface area contributed by atoms with Gasteiger partial charge in [-0.25, -0.2) is 0 Å². The summed E-state index contributed by atoms with van der Waals surface area (Å²) in [4.78, 5) is 2.26. The Morgan fingerprint density at radius 1 is 1.35 bits per heavy atom. The molecule has 0 saturated carbocycles. The second-order valence-electron chi connectivity index (χ2n) is 5.32. The predicted octanol–water partition coefficient (Wildman–Crippen LogP) is 2.97. The maximum atomic E-state index is 10.8. The first kappa shape index (κ1) is 12.6. The Labute approximate surface area is 104 Å². The lowest BCUT2D eigenvalue weighted by Crippen LogP contribution is -2.47. The molecule has 0 aromatic heterocycles. The molecule has 1 saturated heterocycles. The second-order valence-corrected chi connectivity index (χ2v) is 5.32. The molecule has 1 heterocycles. The van der Waals surface area contributed by atoms with Crippen LogP contribution in [0.3, 0.4) is 0 Å². The van der Waals surface area contributed by atoms with Crippen molar-refractivity contribution in [2.45, 2.75) is 45.4 Å². The van der Waals surface area contributed by atoms with Crippen LogP contribution in [-0.2, 0) is 5.72 Å². The molecule has 3 atom stereocenters. The molecule has 1 aromatic rings. The van der Waals surface area contributed by atoms with E-state index in [4.69, 9.17) is 0 Å². The lowest BCUT2D eigenvalue weighted by atomic mass is 9.97. The summed E-state index contributed by atoms with van der Waals surface area (Å²) in [7, 11) is 0. The van der Waals surface area contributed by atoms with Gasteiger partial charge >= 0.3 is 0 Å². The van der Waals surface area contributed by atoms with Gasteiger partial charge in [-0.1, -0.05) is 44.2 Å². The van der Waals surface area contributed by atoms with Crippen LogP contribution in [0.2, 0.25) is 0 Å². The number of aliphatic hydroxyl groups is 1. The van der Waals surface area contributed by atoms with Crippen molar-refractivity contribution in [2.24, 2.45) is 5.92 Å². The van der Waals surface area contributed by atoms with Crippen molar-refractivity contribution < 1.29 is 5.11 Å². The van der Waals surface area contributed by atoms with Gasteiger partial charge in [0.25, 0.3) is 0 Å². The normalized spacial score (nSPS) is 29.2. The molecular formula is C15H23NO. The first-order chi connectivity index (χ1) is 8.07. The molecule has 0 radical (unpaired) electrons.